The van der Waals surface area contributed by atoms with Crippen LogP contribution in [-0.2, 0) is 5.41 Å². The maximum absolute atomic E-state index is 6.17. The molecule has 0 aliphatic carbocycles. The van der Waals surface area contributed by atoms with Gasteiger partial charge in [-0.15, -0.1) is 0 Å². The van der Waals surface area contributed by atoms with Gasteiger partial charge in [-0.25, -0.2) is 0 Å². The maximum atomic E-state index is 6.17. The molecule has 1 aromatic rings. The number of fused-ring (bicyclic) bond motifs is 1. The van der Waals surface area contributed by atoms with Crippen LogP contribution in [0, 0.1) is 0 Å². The van der Waals surface area contributed by atoms with Crippen LogP contribution in [0.4, 0.5) is 0 Å². The first-order chi connectivity index (χ1) is 9.36. The minimum Gasteiger partial charge on any atom is -0.497 e. The van der Waals surface area contributed by atoms with Crippen LogP contribution in [0.25, 0.3) is 0 Å². The monoisotopic (exact) mass is 277 g/mol. The van der Waals surface area contributed by atoms with Crippen LogP contribution in [0.5, 0.6) is 11.5 Å². The molecule has 1 heterocycles. The molecule has 0 radical (unpaired) electrons. The fourth-order valence-electron chi connectivity index (χ4n) is 2.84. The Bertz CT molecular complexity index is 477. The maximum Gasteiger partial charge on any atom is 0.128 e. The van der Waals surface area contributed by atoms with Crippen molar-refractivity contribution in [2.24, 2.45) is 0 Å². The SMILES string of the molecule is CCNC1CC(C)Oc2c1cc(OC)cc2C(C)(C)C. The smallest absolute Gasteiger partial charge is 0.128 e. The summed E-state index contributed by atoms with van der Waals surface area (Å²) in [5.74, 6) is 1.96. The summed E-state index contributed by atoms with van der Waals surface area (Å²) in [7, 11) is 1.72. The Kier molecular flexibility index (Phi) is 4.28. The minimum absolute atomic E-state index is 0.0342. The van der Waals surface area contributed by atoms with E-state index in [1.165, 1.54) is 11.1 Å². The molecule has 0 saturated carbocycles. The van der Waals surface area contributed by atoms with E-state index < -0.39 is 0 Å². The van der Waals surface area contributed by atoms with Crippen molar-refractivity contribution < 1.29 is 9.47 Å². The zero-order valence-corrected chi connectivity index (χ0v) is 13.5. The molecule has 3 nitrogen and oxygen atoms in total. The molecule has 0 saturated heterocycles. The number of ether oxygens (including phenoxy) is 2. The lowest BCUT2D eigenvalue weighted by Crippen LogP contribution is -2.33. The second-order valence-corrected chi connectivity index (χ2v) is 6.62. The predicted octanol–water partition coefficient (Wildman–Crippen LogP) is 3.81. The highest BCUT2D eigenvalue weighted by atomic mass is 16.5. The van der Waals surface area contributed by atoms with Gasteiger partial charge in [0.2, 0.25) is 0 Å². The number of hydrogen-bond donors (Lipinski definition) is 1. The summed E-state index contributed by atoms with van der Waals surface area (Å²) in [6.45, 7) is 11.9. The summed E-state index contributed by atoms with van der Waals surface area (Å²) in [4.78, 5) is 0. The number of hydrogen-bond acceptors (Lipinski definition) is 3. The number of nitrogens with one attached hydrogen (secondary N) is 1. The van der Waals surface area contributed by atoms with Gasteiger partial charge in [0.1, 0.15) is 11.5 Å². The van der Waals surface area contributed by atoms with Crippen molar-refractivity contribution in [3.8, 4) is 11.5 Å². The molecule has 1 aliphatic heterocycles. The summed E-state index contributed by atoms with van der Waals surface area (Å²) in [6, 6.07) is 4.57. The molecule has 2 atom stereocenters. The average molecular weight is 277 g/mol. The van der Waals surface area contributed by atoms with E-state index in [2.05, 4.69) is 52.1 Å². The van der Waals surface area contributed by atoms with Crippen LogP contribution in [0.2, 0.25) is 0 Å². The van der Waals surface area contributed by atoms with Gasteiger partial charge < -0.3 is 14.8 Å². The summed E-state index contributed by atoms with van der Waals surface area (Å²) in [6.07, 6.45) is 1.23. The van der Waals surface area contributed by atoms with Crippen molar-refractivity contribution in [3.63, 3.8) is 0 Å². The third kappa shape index (κ3) is 2.93. The Labute approximate surface area is 122 Å². The van der Waals surface area contributed by atoms with Crippen molar-refractivity contribution >= 4 is 0 Å². The molecule has 0 amide bonds. The molecule has 0 aromatic heterocycles. The third-order valence-corrected chi connectivity index (χ3v) is 3.85. The molecule has 2 rings (SSSR count). The molecule has 1 aromatic carbocycles. The number of benzene rings is 1. The Hall–Kier alpha value is -1.22. The molecule has 1 aliphatic rings. The van der Waals surface area contributed by atoms with Gasteiger partial charge >= 0.3 is 0 Å². The van der Waals surface area contributed by atoms with Crippen LogP contribution >= 0.6 is 0 Å². The summed E-state index contributed by atoms with van der Waals surface area (Å²) >= 11 is 0. The summed E-state index contributed by atoms with van der Waals surface area (Å²) in [5, 5.41) is 3.57. The van der Waals surface area contributed by atoms with Crippen molar-refractivity contribution in [2.75, 3.05) is 13.7 Å². The molecule has 2 unspecified atom stereocenters. The van der Waals surface area contributed by atoms with Crippen molar-refractivity contribution in [2.45, 2.75) is 58.6 Å². The molecule has 3 heteroatoms. The van der Waals surface area contributed by atoms with Crippen molar-refractivity contribution in [1.82, 2.24) is 5.32 Å². The molecule has 1 N–H and O–H groups in total. The van der Waals surface area contributed by atoms with Gasteiger partial charge in [0.15, 0.2) is 0 Å². The van der Waals surface area contributed by atoms with Crippen LogP contribution in [0.1, 0.15) is 58.2 Å². The van der Waals surface area contributed by atoms with E-state index in [1.54, 1.807) is 7.11 Å². The quantitative estimate of drug-likeness (QED) is 0.911. The van der Waals surface area contributed by atoms with Gasteiger partial charge in [0.25, 0.3) is 0 Å². The average Bonchev–Trinajstić information content (AvgIpc) is 2.36. The molecule has 20 heavy (non-hydrogen) atoms. The van der Waals surface area contributed by atoms with Gasteiger partial charge in [-0.05, 0) is 31.0 Å². The first kappa shape index (κ1) is 15.2. The predicted molar refractivity (Wildman–Crippen MR) is 82.8 cm³/mol. The van der Waals surface area contributed by atoms with E-state index in [9.17, 15) is 0 Å². The highest BCUT2D eigenvalue weighted by Crippen LogP contribution is 2.44. The largest absolute Gasteiger partial charge is 0.497 e. The Morgan fingerprint density at radius 3 is 2.60 bits per heavy atom. The summed E-state index contributed by atoms with van der Waals surface area (Å²) < 4.78 is 11.7. The normalized spacial score (nSPS) is 22.1. The molecule has 112 valence electrons. The second-order valence-electron chi connectivity index (χ2n) is 6.62. The second kappa shape index (κ2) is 5.65. The molecule has 0 bridgehead atoms. The fourth-order valence-corrected chi connectivity index (χ4v) is 2.84. The highest BCUT2D eigenvalue weighted by Gasteiger charge is 2.31. The van der Waals surface area contributed by atoms with E-state index in [1.807, 2.05) is 0 Å². The van der Waals surface area contributed by atoms with Crippen LogP contribution < -0.4 is 14.8 Å². The summed E-state index contributed by atoms with van der Waals surface area (Å²) in [5.41, 5.74) is 2.49. The lowest BCUT2D eigenvalue weighted by Gasteiger charge is -2.35. The van der Waals surface area contributed by atoms with Crippen LogP contribution in [-0.4, -0.2) is 19.8 Å². The van der Waals surface area contributed by atoms with Gasteiger partial charge in [0.05, 0.1) is 13.2 Å². The van der Waals surface area contributed by atoms with E-state index in [-0.39, 0.29) is 11.5 Å². The molecular weight excluding hydrogens is 250 g/mol. The van der Waals surface area contributed by atoms with E-state index in [4.69, 9.17) is 9.47 Å². The van der Waals surface area contributed by atoms with Crippen molar-refractivity contribution in [1.29, 1.82) is 0 Å². The van der Waals surface area contributed by atoms with Crippen LogP contribution in [0.3, 0.4) is 0 Å². The Morgan fingerprint density at radius 1 is 1.35 bits per heavy atom. The number of rotatable bonds is 3. The molecular formula is C17H27NO2. The molecule has 0 fully saturated rings. The highest BCUT2D eigenvalue weighted by molar-refractivity contribution is 5.52. The zero-order chi connectivity index (χ0) is 14.9. The van der Waals surface area contributed by atoms with Gasteiger partial charge in [-0.1, -0.05) is 27.7 Å². The zero-order valence-electron chi connectivity index (χ0n) is 13.5. The number of methoxy groups -OCH3 is 1. The van der Waals surface area contributed by atoms with Crippen molar-refractivity contribution in [3.05, 3.63) is 23.3 Å². The first-order valence-electron chi connectivity index (χ1n) is 7.49. The third-order valence-electron chi connectivity index (χ3n) is 3.85. The molecule has 0 spiro atoms. The topological polar surface area (TPSA) is 30.5 Å². The lowest BCUT2D eigenvalue weighted by molar-refractivity contribution is 0.162. The van der Waals surface area contributed by atoms with E-state index in [0.29, 0.717) is 6.04 Å². The Balaban J connectivity index is 2.58. The first-order valence-corrected chi connectivity index (χ1v) is 7.49. The van der Waals surface area contributed by atoms with Gasteiger partial charge in [-0.3, -0.25) is 0 Å². The standard InChI is InChI=1S/C17H27NO2/c1-7-18-15-8-11(2)20-16-13(15)9-12(19-6)10-14(16)17(3,4)5/h9-11,15,18H,7-8H2,1-6H3. The fraction of sp³-hybridized carbons (Fsp3) is 0.647. The lowest BCUT2D eigenvalue weighted by atomic mass is 9.82. The van der Waals surface area contributed by atoms with E-state index >= 15 is 0 Å². The van der Waals surface area contributed by atoms with Crippen LogP contribution in [0.15, 0.2) is 12.1 Å². The van der Waals surface area contributed by atoms with Gasteiger partial charge in [-0.2, -0.15) is 0 Å². The van der Waals surface area contributed by atoms with E-state index in [0.717, 1.165) is 24.5 Å². The van der Waals surface area contributed by atoms with Gasteiger partial charge in [0, 0.05) is 23.6 Å². The Morgan fingerprint density at radius 2 is 2.05 bits per heavy atom. The minimum atomic E-state index is 0.0342.